The maximum Gasteiger partial charge on any atom is 0.257 e. The Morgan fingerprint density at radius 3 is 2.23 bits per heavy atom. The first kappa shape index (κ1) is 21.5. The molecule has 6 nitrogen and oxygen atoms in total. The van der Waals surface area contributed by atoms with Crippen LogP contribution in [0.2, 0.25) is 0 Å². The number of nitrogens with zero attached hydrogens (tertiary/aromatic N) is 2. The van der Waals surface area contributed by atoms with Crippen LogP contribution in [0.25, 0.3) is 0 Å². The van der Waals surface area contributed by atoms with Gasteiger partial charge in [-0.1, -0.05) is 12.1 Å². The fraction of sp³-hybridized carbons (Fsp3) is 0.391. The summed E-state index contributed by atoms with van der Waals surface area (Å²) in [6.45, 7) is 1.62. The van der Waals surface area contributed by atoms with Gasteiger partial charge >= 0.3 is 0 Å². The van der Waals surface area contributed by atoms with Crippen molar-refractivity contribution in [2.75, 3.05) is 39.6 Å². The highest BCUT2D eigenvalue weighted by Crippen LogP contribution is 2.45. The molecule has 31 heavy (non-hydrogen) atoms. The van der Waals surface area contributed by atoms with Crippen molar-refractivity contribution in [3.63, 3.8) is 0 Å². The number of benzene rings is 2. The molecule has 2 fully saturated rings. The highest BCUT2D eigenvalue weighted by Gasteiger charge is 2.47. The number of methoxy groups -OCH3 is 2. The number of halogens is 1. The molecule has 0 atom stereocenters. The fourth-order valence-corrected chi connectivity index (χ4v) is 5.72. The van der Waals surface area contributed by atoms with Crippen molar-refractivity contribution in [2.45, 2.75) is 17.7 Å². The van der Waals surface area contributed by atoms with Crippen molar-refractivity contribution in [1.82, 2.24) is 9.80 Å². The molecule has 0 aromatic heterocycles. The molecule has 2 aromatic rings. The summed E-state index contributed by atoms with van der Waals surface area (Å²) in [5.74, 6) is 1.05. The van der Waals surface area contributed by atoms with Gasteiger partial charge in [0.1, 0.15) is 17.3 Å². The lowest BCUT2D eigenvalue weighted by atomic mass is 10.00. The zero-order chi connectivity index (χ0) is 22.0. The van der Waals surface area contributed by atoms with E-state index in [1.807, 2.05) is 0 Å². The van der Waals surface area contributed by atoms with Gasteiger partial charge in [-0.25, -0.2) is 4.39 Å². The quantitative estimate of drug-likeness (QED) is 0.720. The molecule has 2 aliphatic heterocycles. The van der Waals surface area contributed by atoms with Gasteiger partial charge in [-0.2, -0.15) is 0 Å². The third-order valence-corrected chi connectivity index (χ3v) is 7.51. The van der Waals surface area contributed by atoms with E-state index in [1.54, 1.807) is 66.1 Å². The van der Waals surface area contributed by atoms with E-state index in [0.29, 0.717) is 49.5 Å². The van der Waals surface area contributed by atoms with Gasteiger partial charge in [-0.15, -0.1) is 11.8 Å². The van der Waals surface area contributed by atoms with Gasteiger partial charge in [0.25, 0.3) is 11.8 Å². The largest absolute Gasteiger partial charge is 0.497 e. The van der Waals surface area contributed by atoms with Gasteiger partial charge in [-0.3, -0.25) is 9.59 Å². The van der Waals surface area contributed by atoms with Crippen LogP contribution in [0.4, 0.5) is 4.39 Å². The second-order valence-corrected chi connectivity index (χ2v) is 9.08. The SMILES string of the molecule is COc1cc(OC)cc(C(=O)N2CCC3(CC2)SCCN3C(=O)c2ccccc2F)c1. The summed E-state index contributed by atoms with van der Waals surface area (Å²) >= 11 is 1.73. The highest BCUT2D eigenvalue weighted by molar-refractivity contribution is 8.00. The van der Waals surface area contributed by atoms with Crippen molar-refractivity contribution >= 4 is 23.6 Å². The summed E-state index contributed by atoms with van der Waals surface area (Å²) in [6, 6.07) is 11.2. The number of carbonyl (C=O) groups is 2. The molecular formula is C23H25FN2O4S. The average Bonchev–Trinajstić information content (AvgIpc) is 3.21. The Hall–Kier alpha value is -2.74. The number of piperidine rings is 1. The third kappa shape index (κ3) is 4.08. The summed E-state index contributed by atoms with van der Waals surface area (Å²) in [5.41, 5.74) is 0.608. The van der Waals surface area contributed by atoms with Crippen molar-refractivity contribution in [3.05, 3.63) is 59.4 Å². The minimum atomic E-state index is -0.501. The Kier molecular flexibility index (Phi) is 6.09. The lowest BCUT2D eigenvalue weighted by molar-refractivity contribution is 0.0494. The lowest BCUT2D eigenvalue weighted by Gasteiger charge is -2.44. The normalized spacial score (nSPS) is 17.6. The van der Waals surface area contributed by atoms with Crippen LogP contribution >= 0.6 is 11.8 Å². The van der Waals surface area contributed by atoms with Crippen LogP contribution in [0.1, 0.15) is 33.6 Å². The maximum atomic E-state index is 14.2. The van der Waals surface area contributed by atoms with E-state index in [9.17, 15) is 14.0 Å². The molecule has 2 saturated heterocycles. The first-order valence-corrected chi connectivity index (χ1v) is 11.2. The average molecular weight is 445 g/mol. The third-order valence-electron chi connectivity index (χ3n) is 5.96. The number of thioether (sulfide) groups is 1. The molecule has 0 radical (unpaired) electrons. The van der Waals surface area contributed by atoms with Gasteiger partial charge in [0.15, 0.2) is 0 Å². The molecule has 4 rings (SSSR count). The second kappa shape index (κ2) is 8.78. The Morgan fingerprint density at radius 1 is 0.968 bits per heavy atom. The van der Waals surface area contributed by atoms with Crippen molar-refractivity contribution in [3.8, 4) is 11.5 Å². The molecular weight excluding hydrogens is 419 g/mol. The first-order valence-electron chi connectivity index (χ1n) is 10.2. The van der Waals surface area contributed by atoms with E-state index in [-0.39, 0.29) is 17.4 Å². The molecule has 2 amide bonds. The smallest absolute Gasteiger partial charge is 0.257 e. The molecule has 2 aromatic carbocycles. The van der Waals surface area contributed by atoms with E-state index < -0.39 is 10.7 Å². The summed E-state index contributed by atoms with van der Waals surface area (Å²) in [4.78, 5) is 29.4. The molecule has 1 spiro atoms. The second-order valence-electron chi connectivity index (χ2n) is 7.62. The van der Waals surface area contributed by atoms with Crippen molar-refractivity contribution in [2.24, 2.45) is 0 Å². The van der Waals surface area contributed by atoms with Crippen LogP contribution < -0.4 is 9.47 Å². The lowest BCUT2D eigenvalue weighted by Crippen LogP contribution is -2.53. The minimum Gasteiger partial charge on any atom is -0.497 e. The van der Waals surface area contributed by atoms with Crippen LogP contribution in [0, 0.1) is 5.82 Å². The van der Waals surface area contributed by atoms with Crippen LogP contribution in [-0.4, -0.2) is 66.1 Å². The number of rotatable bonds is 4. The van der Waals surface area contributed by atoms with Gasteiger partial charge in [0, 0.05) is 37.0 Å². The predicted molar refractivity (Wildman–Crippen MR) is 117 cm³/mol. The first-order chi connectivity index (χ1) is 15.0. The molecule has 0 bridgehead atoms. The highest BCUT2D eigenvalue weighted by atomic mass is 32.2. The molecule has 0 saturated carbocycles. The monoisotopic (exact) mass is 444 g/mol. The number of ether oxygens (including phenoxy) is 2. The van der Waals surface area contributed by atoms with Crippen molar-refractivity contribution in [1.29, 1.82) is 0 Å². The fourth-order valence-electron chi connectivity index (χ4n) is 4.26. The summed E-state index contributed by atoms with van der Waals surface area (Å²) < 4.78 is 24.7. The number of hydrogen-bond donors (Lipinski definition) is 0. The van der Waals surface area contributed by atoms with E-state index in [1.165, 1.54) is 12.1 Å². The molecule has 8 heteroatoms. The maximum absolute atomic E-state index is 14.2. The van der Waals surface area contributed by atoms with E-state index in [4.69, 9.17) is 9.47 Å². The van der Waals surface area contributed by atoms with E-state index >= 15 is 0 Å². The molecule has 0 unspecified atom stereocenters. The van der Waals surface area contributed by atoms with Crippen LogP contribution in [0.15, 0.2) is 42.5 Å². The van der Waals surface area contributed by atoms with Gasteiger partial charge in [0.2, 0.25) is 0 Å². The number of hydrogen-bond acceptors (Lipinski definition) is 5. The summed E-state index contributed by atoms with van der Waals surface area (Å²) in [5, 5.41) is 0. The predicted octanol–water partition coefficient (Wildman–Crippen LogP) is 3.66. The van der Waals surface area contributed by atoms with Crippen LogP contribution in [-0.2, 0) is 0 Å². The zero-order valence-electron chi connectivity index (χ0n) is 17.6. The summed E-state index contributed by atoms with van der Waals surface area (Å²) in [6.07, 6.45) is 1.29. The molecule has 2 heterocycles. The Bertz CT molecular complexity index is 969. The van der Waals surface area contributed by atoms with Gasteiger partial charge in [0.05, 0.1) is 24.7 Å². The number of likely N-dealkylation sites (tertiary alicyclic amines) is 1. The molecule has 164 valence electrons. The standard InChI is InChI=1S/C23H25FN2O4S/c1-29-17-13-16(14-18(15-17)30-2)21(27)25-9-7-23(8-10-25)26(11-12-31-23)22(28)19-5-3-4-6-20(19)24/h3-6,13-15H,7-12H2,1-2H3. The number of carbonyl (C=O) groups excluding carboxylic acids is 2. The molecule has 0 aliphatic carbocycles. The van der Waals surface area contributed by atoms with Crippen LogP contribution in [0.5, 0.6) is 11.5 Å². The summed E-state index contributed by atoms with van der Waals surface area (Å²) in [7, 11) is 3.10. The Morgan fingerprint density at radius 2 is 1.61 bits per heavy atom. The minimum absolute atomic E-state index is 0.0953. The van der Waals surface area contributed by atoms with Gasteiger partial charge < -0.3 is 19.3 Å². The van der Waals surface area contributed by atoms with Crippen molar-refractivity contribution < 1.29 is 23.5 Å². The topological polar surface area (TPSA) is 59.1 Å². The number of amides is 2. The molecule has 0 N–H and O–H groups in total. The molecule has 2 aliphatic rings. The van der Waals surface area contributed by atoms with Crippen LogP contribution in [0.3, 0.4) is 0 Å². The van der Waals surface area contributed by atoms with E-state index in [2.05, 4.69) is 0 Å². The van der Waals surface area contributed by atoms with Gasteiger partial charge in [-0.05, 0) is 37.1 Å². The zero-order valence-corrected chi connectivity index (χ0v) is 18.4. The van der Waals surface area contributed by atoms with E-state index in [0.717, 1.165) is 5.75 Å². The Labute approximate surface area is 185 Å². The Balaban J connectivity index is 1.49.